The normalized spacial score (nSPS) is 21.3. The van der Waals surface area contributed by atoms with E-state index in [4.69, 9.17) is 0 Å². The van der Waals surface area contributed by atoms with Crippen molar-refractivity contribution in [1.29, 1.82) is 0 Å². The van der Waals surface area contributed by atoms with Crippen molar-refractivity contribution in [1.82, 2.24) is 15.6 Å². The first-order valence-corrected chi connectivity index (χ1v) is 1.86. The van der Waals surface area contributed by atoms with Crippen LogP contribution < -0.4 is 15.6 Å². The molecule has 1 heterocycles. The van der Waals surface area contributed by atoms with Crippen LogP contribution in [0.4, 0.5) is 0 Å². The highest BCUT2D eigenvalue weighted by Crippen LogP contribution is 1.50. The van der Waals surface area contributed by atoms with Crippen molar-refractivity contribution in [3.8, 4) is 0 Å². The molecule has 1 aliphatic rings. The number of nitrogens with one attached hydrogen (secondary N) is 3. The molecule has 0 aliphatic carbocycles. The van der Waals surface area contributed by atoms with Gasteiger partial charge in [-0.25, -0.2) is 0 Å². The highest BCUT2D eigenvalue weighted by atomic mass is 15.1. The Balaban J connectivity index is 2.00. The van der Waals surface area contributed by atoms with Gasteiger partial charge in [-0.2, -0.15) is 0 Å². The fourth-order valence-corrected chi connectivity index (χ4v) is 0.321. The van der Waals surface area contributed by atoms with E-state index in [1.807, 2.05) is 0 Å². The van der Waals surface area contributed by atoms with E-state index >= 15 is 0 Å². The van der Waals surface area contributed by atoms with Gasteiger partial charge in [0, 0.05) is 6.67 Å². The second-order valence-corrected chi connectivity index (χ2v) is 1.04. The lowest BCUT2D eigenvalue weighted by Gasteiger charge is -2.09. The highest BCUT2D eigenvalue weighted by molar-refractivity contribution is 6.48. The van der Waals surface area contributed by atoms with E-state index in [-0.39, 0.29) is 0 Å². The molecule has 0 unspecified atom stereocenters. The number of rotatable bonds is 0. The largest absolute Gasteiger partial charge is 0.378 e. The summed E-state index contributed by atoms with van der Waals surface area (Å²) < 4.78 is 0. The van der Waals surface area contributed by atoms with E-state index in [0.29, 0.717) is 0 Å². The zero-order chi connectivity index (χ0) is 4.24. The second kappa shape index (κ2) is 2.23. The molecule has 0 atom stereocenters. The Morgan fingerprint density at radius 1 is 1.17 bits per heavy atom. The van der Waals surface area contributed by atoms with Gasteiger partial charge < -0.3 is 15.6 Å². The fourth-order valence-electron chi connectivity index (χ4n) is 0.321. The molecule has 5 heteroatoms. The topological polar surface area (TPSA) is 36.1 Å². The third-order valence-corrected chi connectivity index (χ3v) is 0.575. The molecule has 1 fully saturated rings. The number of hydrogen-bond donors (Lipinski definition) is 3. The Morgan fingerprint density at radius 2 is 1.83 bits per heavy atom. The maximum Gasteiger partial charge on any atom is 0.296 e. The molecule has 2 radical (unpaired) electrons. The third-order valence-electron chi connectivity index (χ3n) is 0.575. The monoisotopic (exact) mass is 81.1 g/mol. The summed E-state index contributed by atoms with van der Waals surface area (Å²) in [4.78, 5) is 0. The first-order chi connectivity index (χ1) is 3.00. The molecular weight excluding hydrogens is 75.7 g/mol. The van der Waals surface area contributed by atoms with Crippen LogP contribution in [0.5, 0.6) is 0 Å². The average molecular weight is 80.7 g/mol. The van der Waals surface area contributed by atoms with Gasteiger partial charge in [-0.1, -0.05) is 0 Å². The van der Waals surface area contributed by atoms with Crippen LogP contribution in [-0.4, -0.2) is 21.8 Å². The quantitative estimate of drug-likeness (QED) is 0.289. The average Bonchev–Trinajstić information content (AvgIpc) is 1.72. The summed E-state index contributed by atoms with van der Waals surface area (Å²) in [7, 11) is 3.55. The molecule has 1 saturated heterocycles. The van der Waals surface area contributed by atoms with Crippen molar-refractivity contribution in [2.45, 2.75) is 0 Å². The van der Waals surface area contributed by atoms with Crippen molar-refractivity contribution in [2.24, 2.45) is 0 Å². The molecule has 3 nitrogen and oxygen atoms in total. The summed E-state index contributed by atoms with van der Waals surface area (Å²) in [6.07, 6.45) is 0. The van der Waals surface area contributed by atoms with Gasteiger partial charge in [-0.05, 0) is 0 Å². The van der Waals surface area contributed by atoms with Crippen molar-refractivity contribution < 1.29 is 0 Å². The van der Waals surface area contributed by atoms with Gasteiger partial charge in [0.15, 0.2) is 0 Å². The van der Waals surface area contributed by atoms with Crippen molar-refractivity contribution in [3.63, 3.8) is 0 Å². The zero-order valence-electron chi connectivity index (χ0n) is 3.36. The summed E-state index contributed by atoms with van der Waals surface area (Å²) in [6.45, 7) is 0.826. The molecule has 0 spiro atoms. The summed E-state index contributed by atoms with van der Waals surface area (Å²) in [5, 5.41) is 8.62. The molecule has 30 valence electrons. The van der Waals surface area contributed by atoms with Gasteiger partial charge in [0.1, 0.15) is 0 Å². The fraction of sp³-hybridized carbons (Fsp3) is 1.00. The van der Waals surface area contributed by atoms with Gasteiger partial charge in [0.2, 0.25) is 0 Å². The van der Waals surface area contributed by atoms with Crippen LogP contribution in [0.25, 0.3) is 0 Å². The summed E-state index contributed by atoms with van der Waals surface area (Å²) >= 11 is 0. The van der Waals surface area contributed by atoms with Crippen LogP contribution in [0.3, 0.4) is 0 Å². The third kappa shape index (κ3) is 1.01. The Bertz CT molecular complexity index is 24.3. The van der Waals surface area contributed by atoms with Crippen molar-refractivity contribution in [2.75, 3.05) is 6.67 Å². The van der Waals surface area contributed by atoms with Crippen LogP contribution in [0.1, 0.15) is 0 Å². The minimum absolute atomic E-state index is 0.826. The van der Waals surface area contributed by atoms with E-state index in [2.05, 4.69) is 15.6 Å². The molecule has 0 bridgehead atoms. The molecule has 0 amide bonds. The highest BCUT2D eigenvalue weighted by Gasteiger charge is 1.96. The molecule has 1 aliphatic heterocycles. The van der Waals surface area contributed by atoms with Crippen LogP contribution in [0.2, 0.25) is 0 Å². The predicted molar refractivity (Wildman–Crippen MR) is 25.8 cm³/mol. The Kier molecular flexibility index (Phi) is 1.55. The standard InChI is InChI=1S/CH5B2N3/c1-4-2-6-3-5-1/h4-6H,1H2. The van der Waals surface area contributed by atoms with Crippen LogP contribution in [-0.2, 0) is 0 Å². The van der Waals surface area contributed by atoms with Gasteiger partial charge in [0.25, 0.3) is 15.1 Å². The summed E-state index contributed by atoms with van der Waals surface area (Å²) in [5.74, 6) is 0. The molecule has 0 saturated carbocycles. The van der Waals surface area contributed by atoms with Crippen LogP contribution in [0.15, 0.2) is 0 Å². The lowest BCUT2D eigenvalue weighted by Crippen LogP contribution is -2.53. The van der Waals surface area contributed by atoms with Gasteiger partial charge in [-0.15, -0.1) is 0 Å². The van der Waals surface area contributed by atoms with Gasteiger partial charge in [0.05, 0.1) is 0 Å². The van der Waals surface area contributed by atoms with E-state index in [9.17, 15) is 0 Å². The van der Waals surface area contributed by atoms with E-state index in [1.54, 1.807) is 15.1 Å². The molecular formula is CH5B2N3. The van der Waals surface area contributed by atoms with Crippen molar-refractivity contribution in [3.05, 3.63) is 0 Å². The molecule has 0 aromatic heterocycles. The molecule has 1 rings (SSSR count). The lowest BCUT2D eigenvalue weighted by atomic mass is 9.99. The Hall–Kier alpha value is 0.00987. The second-order valence-electron chi connectivity index (χ2n) is 1.04. The predicted octanol–water partition coefficient (Wildman–Crippen LogP) is -2.21. The van der Waals surface area contributed by atoms with Gasteiger partial charge >= 0.3 is 0 Å². The Labute approximate surface area is 38.4 Å². The lowest BCUT2D eigenvalue weighted by molar-refractivity contribution is 0.838. The van der Waals surface area contributed by atoms with E-state index < -0.39 is 0 Å². The first kappa shape index (κ1) is 4.18. The zero-order valence-corrected chi connectivity index (χ0v) is 3.36. The minimum atomic E-state index is 0.826. The Morgan fingerprint density at radius 3 is 2.00 bits per heavy atom. The van der Waals surface area contributed by atoms with Gasteiger partial charge in [-0.3, -0.25) is 0 Å². The molecule has 0 aromatic carbocycles. The first-order valence-electron chi connectivity index (χ1n) is 1.86. The van der Waals surface area contributed by atoms with Crippen molar-refractivity contribution >= 4 is 15.1 Å². The van der Waals surface area contributed by atoms with Crippen LogP contribution in [0, 0.1) is 0 Å². The van der Waals surface area contributed by atoms with E-state index in [1.165, 1.54) is 0 Å². The minimum Gasteiger partial charge on any atom is -0.378 e. The SMILES string of the molecule is [B]1N[B]NCN1. The summed E-state index contributed by atoms with van der Waals surface area (Å²) in [6, 6.07) is 0. The molecule has 0 aromatic rings. The molecule has 6 heavy (non-hydrogen) atoms. The smallest absolute Gasteiger partial charge is 0.296 e. The van der Waals surface area contributed by atoms with Crippen LogP contribution >= 0.6 is 0 Å². The maximum absolute atomic E-state index is 2.91. The van der Waals surface area contributed by atoms with E-state index in [0.717, 1.165) is 6.67 Å². The number of hydrogen-bond acceptors (Lipinski definition) is 3. The molecule has 3 N–H and O–H groups in total. The maximum atomic E-state index is 2.91. The summed E-state index contributed by atoms with van der Waals surface area (Å²) in [5.41, 5.74) is 0.